The first-order valence-electron chi connectivity index (χ1n) is 8.56. The molecule has 2 rings (SSSR count). The predicted molar refractivity (Wildman–Crippen MR) is 99.6 cm³/mol. The summed E-state index contributed by atoms with van der Waals surface area (Å²) in [6.45, 7) is -0.338. The summed E-state index contributed by atoms with van der Waals surface area (Å²) in [5.74, 6) is 0.836. The van der Waals surface area contributed by atoms with Crippen LogP contribution >= 0.6 is 0 Å². The predicted octanol–water partition coefficient (Wildman–Crippen LogP) is 3.98. The average Bonchev–Trinajstić information content (AvgIpc) is 2.71. The van der Waals surface area contributed by atoms with Crippen LogP contribution in [-0.4, -0.2) is 45.3 Å². The molecule has 0 aliphatic rings. The fraction of sp³-hybridized carbons (Fsp3) is 0.350. The van der Waals surface area contributed by atoms with E-state index in [1.54, 1.807) is 31.3 Å². The first kappa shape index (κ1) is 21.3. The van der Waals surface area contributed by atoms with Gasteiger partial charge in [0.1, 0.15) is 0 Å². The molecule has 2 aromatic rings. The van der Waals surface area contributed by atoms with Crippen molar-refractivity contribution in [3.05, 3.63) is 47.5 Å². The standard InChI is InChI=1S/C20H23F2NO5/c1-5-23(12-13-6-8-15(25-2)17(10-13)26-3)19(24)14-7-9-16(28-20(21)22)18(11-14)27-4/h6-11,20H,5,12H2,1-4H3. The average molecular weight is 395 g/mol. The second-order valence-corrected chi connectivity index (χ2v) is 5.75. The number of amides is 1. The maximum atomic E-state index is 12.9. The summed E-state index contributed by atoms with van der Waals surface area (Å²) in [6, 6.07) is 9.53. The highest BCUT2D eigenvalue weighted by molar-refractivity contribution is 5.95. The highest BCUT2D eigenvalue weighted by Crippen LogP contribution is 2.31. The Labute approximate surface area is 162 Å². The van der Waals surface area contributed by atoms with Gasteiger partial charge in [-0.3, -0.25) is 4.79 Å². The summed E-state index contributed by atoms with van der Waals surface area (Å²) in [7, 11) is 4.41. The Hall–Kier alpha value is -3.03. The van der Waals surface area contributed by atoms with Crippen LogP contribution in [-0.2, 0) is 6.54 Å². The molecule has 28 heavy (non-hydrogen) atoms. The molecule has 0 spiro atoms. The van der Waals surface area contributed by atoms with Crippen LogP contribution in [0.15, 0.2) is 36.4 Å². The highest BCUT2D eigenvalue weighted by atomic mass is 19.3. The number of carbonyl (C=O) groups excluding carboxylic acids is 1. The van der Waals surface area contributed by atoms with Crippen molar-refractivity contribution < 1.29 is 32.5 Å². The zero-order valence-electron chi connectivity index (χ0n) is 16.2. The number of nitrogens with zero attached hydrogens (tertiary/aromatic N) is 1. The smallest absolute Gasteiger partial charge is 0.387 e. The second-order valence-electron chi connectivity index (χ2n) is 5.75. The summed E-state index contributed by atoms with van der Waals surface area (Å²) >= 11 is 0. The van der Waals surface area contributed by atoms with Crippen molar-refractivity contribution in [2.45, 2.75) is 20.1 Å². The first-order valence-corrected chi connectivity index (χ1v) is 8.56. The molecular weight excluding hydrogens is 372 g/mol. The molecule has 0 saturated carbocycles. The molecule has 6 nitrogen and oxygen atoms in total. The monoisotopic (exact) mass is 395 g/mol. The number of halogens is 2. The minimum Gasteiger partial charge on any atom is -0.493 e. The van der Waals surface area contributed by atoms with E-state index in [1.807, 2.05) is 13.0 Å². The lowest BCUT2D eigenvalue weighted by Crippen LogP contribution is -2.30. The largest absolute Gasteiger partial charge is 0.493 e. The summed E-state index contributed by atoms with van der Waals surface area (Å²) in [6.07, 6.45) is 0. The van der Waals surface area contributed by atoms with Crippen LogP contribution in [0.3, 0.4) is 0 Å². The molecule has 0 aliphatic carbocycles. The van der Waals surface area contributed by atoms with Crippen molar-refractivity contribution in [1.29, 1.82) is 0 Å². The Bertz CT molecular complexity index is 813. The molecule has 0 atom stereocenters. The lowest BCUT2D eigenvalue weighted by molar-refractivity contribution is -0.0512. The number of ether oxygens (including phenoxy) is 4. The quantitative estimate of drug-likeness (QED) is 0.643. The van der Waals surface area contributed by atoms with E-state index in [0.717, 1.165) is 5.56 Å². The highest BCUT2D eigenvalue weighted by Gasteiger charge is 2.19. The maximum absolute atomic E-state index is 12.9. The van der Waals surface area contributed by atoms with Gasteiger partial charge in [0.2, 0.25) is 0 Å². The van der Waals surface area contributed by atoms with Crippen LogP contribution in [0.25, 0.3) is 0 Å². The molecule has 0 radical (unpaired) electrons. The van der Waals surface area contributed by atoms with Gasteiger partial charge in [0.25, 0.3) is 5.91 Å². The molecule has 0 heterocycles. The number of benzene rings is 2. The van der Waals surface area contributed by atoms with Gasteiger partial charge >= 0.3 is 6.61 Å². The first-order chi connectivity index (χ1) is 13.4. The van der Waals surface area contributed by atoms with Gasteiger partial charge in [-0.25, -0.2) is 0 Å². The van der Waals surface area contributed by atoms with E-state index in [-0.39, 0.29) is 17.4 Å². The van der Waals surface area contributed by atoms with E-state index < -0.39 is 6.61 Å². The molecule has 0 aliphatic heterocycles. The van der Waals surface area contributed by atoms with Gasteiger partial charge in [-0.2, -0.15) is 8.78 Å². The van der Waals surface area contributed by atoms with E-state index in [2.05, 4.69) is 4.74 Å². The Morgan fingerprint density at radius 2 is 1.54 bits per heavy atom. The number of hydrogen-bond acceptors (Lipinski definition) is 5. The molecule has 2 aromatic carbocycles. The van der Waals surface area contributed by atoms with Gasteiger partial charge in [0, 0.05) is 18.7 Å². The molecule has 0 unspecified atom stereocenters. The van der Waals surface area contributed by atoms with Crippen molar-refractivity contribution >= 4 is 5.91 Å². The van der Waals surface area contributed by atoms with Crippen LogP contribution in [0.5, 0.6) is 23.0 Å². The van der Waals surface area contributed by atoms with Gasteiger partial charge < -0.3 is 23.8 Å². The Balaban J connectivity index is 2.23. The molecule has 8 heteroatoms. The third-order valence-corrected chi connectivity index (χ3v) is 4.12. The van der Waals surface area contributed by atoms with E-state index in [1.165, 1.54) is 25.3 Å². The molecule has 0 aromatic heterocycles. The minimum atomic E-state index is -2.98. The summed E-state index contributed by atoms with van der Waals surface area (Å²) in [4.78, 5) is 14.5. The van der Waals surface area contributed by atoms with E-state index in [4.69, 9.17) is 14.2 Å². The summed E-state index contributed by atoms with van der Waals surface area (Å²) in [5, 5.41) is 0. The number of methoxy groups -OCH3 is 3. The number of rotatable bonds is 9. The van der Waals surface area contributed by atoms with E-state index >= 15 is 0 Å². The molecule has 1 amide bonds. The normalized spacial score (nSPS) is 10.5. The minimum absolute atomic E-state index is 0.0633. The molecule has 0 fully saturated rings. The molecule has 0 saturated heterocycles. The van der Waals surface area contributed by atoms with Crippen LogP contribution < -0.4 is 18.9 Å². The van der Waals surface area contributed by atoms with Gasteiger partial charge in [0.05, 0.1) is 21.3 Å². The SMILES string of the molecule is CCN(Cc1ccc(OC)c(OC)c1)C(=O)c1ccc(OC(F)F)c(OC)c1. The van der Waals surface area contributed by atoms with Gasteiger partial charge in [0.15, 0.2) is 23.0 Å². The summed E-state index contributed by atoms with van der Waals surface area (Å²) < 4.78 is 44.9. The van der Waals surface area contributed by atoms with Crippen molar-refractivity contribution in [3.63, 3.8) is 0 Å². The van der Waals surface area contributed by atoms with Crippen molar-refractivity contribution in [1.82, 2.24) is 4.90 Å². The van der Waals surface area contributed by atoms with Crippen molar-refractivity contribution in [3.8, 4) is 23.0 Å². The third-order valence-electron chi connectivity index (χ3n) is 4.12. The van der Waals surface area contributed by atoms with Crippen LogP contribution in [0, 0.1) is 0 Å². The number of hydrogen-bond donors (Lipinski definition) is 0. The Morgan fingerprint density at radius 1 is 0.929 bits per heavy atom. The van der Waals surface area contributed by atoms with Crippen LogP contribution in [0.2, 0.25) is 0 Å². The molecule has 152 valence electrons. The number of carbonyl (C=O) groups is 1. The Kier molecular flexibility index (Phi) is 7.43. The lowest BCUT2D eigenvalue weighted by atomic mass is 10.1. The van der Waals surface area contributed by atoms with Gasteiger partial charge in [-0.1, -0.05) is 6.07 Å². The van der Waals surface area contributed by atoms with Crippen molar-refractivity contribution in [2.75, 3.05) is 27.9 Å². The topological polar surface area (TPSA) is 57.2 Å². The van der Waals surface area contributed by atoms with Crippen LogP contribution in [0.4, 0.5) is 8.78 Å². The lowest BCUT2D eigenvalue weighted by Gasteiger charge is -2.22. The second kappa shape index (κ2) is 9.77. The molecule has 0 N–H and O–H groups in total. The summed E-state index contributed by atoms with van der Waals surface area (Å²) in [5.41, 5.74) is 1.17. The fourth-order valence-electron chi connectivity index (χ4n) is 2.70. The van der Waals surface area contributed by atoms with E-state index in [9.17, 15) is 13.6 Å². The van der Waals surface area contributed by atoms with Crippen LogP contribution in [0.1, 0.15) is 22.8 Å². The number of alkyl halides is 2. The third kappa shape index (κ3) is 5.03. The Morgan fingerprint density at radius 3 is 2.11 bits per heavy atom. The molecular formula is C20H23F2NO5. The fourth-order valence-corrected chi connectivity index (χ4v) is 2.70. The van der Waals surface area contributed by atoms with E-state index in [0.29, 0.717) is 30.2 Å². The zero-order valence-corrected chi connectivity index (χ0v) is 16.2. The van der Waals surface area contributed by atoms with Gasteiger partial charge in [-0.05, 0) is 42.8 Å². The maximum Gasteiger partial charge on any atom is 0.387 e. The molecule has 0 bridgehead atoms. The van der Waals surface area contributed by atoms with Gasteiger partial charge in [-0.15, -0.1) is 0 Å². The van der Waals surface area contributed by atoms with Crippen molar-refractivity contribution in [2.24, 2.45) is 0 Å². The zero-order chi connectivity index (χ0) is 20.7.